The minimum atomic E-state index is -4.51. The van der Waals surface area contributed by atoms with Crippen molar-refractivity contribution in [3.63, 3.8) is 0 Å². The number of carboxylic acids is 1. The number of hydrogen-bond acceptors (Lipinski definition) is 6. The molecule has 0 bridgehead atoms. The van der Waals surface area contributed by atoms with Gasteiger partial charge in [0, 0.05) is 12.7 Å². The van der Waals surface area contributed by atoms with E-state index in [1.807, 2.05) is 0 Å². The normalized spacial score (nSPS) is 17.7. The van der Waals surface area contributed by atoms with Crippen molar-refractivity contribution < 1.29 is 32.6 Å². The highest BCUT2D eigenvalue weighted by atomic mass is 19.4. The molecule has 1 fully saturated rings. The number of pyridine rings is 1. The van der Waals surface area contributed by atoms with Crippen molar-refractivity contribution in [2.75, 3.05) is 19.8 Å². The highest BCUT2D eigenvalue weighted by molar-refractivity contribution is 5.92. The van der Waals surface area contributed by atoms with Crippen LogP contribution in [0.3, 0.4) is 0 Å². The van der Waals surface area contributed by atoms with E-state index in [0.717, 1.165) is 16.8 Å². The molecule has 0 aromatic carbocycles. The molecule has 9 nitrogen and oxygen atoms in total. The van der Waals surface area contributed by atoms with Crippen LogP contribution in [0.15, 0.2) is 24.5 Å². The number of alkyl halides is 3. The maximum Gasteiger partial charge on any atom is 0.417 e. The third-order valence-corrected chi connectivity index (χ3v) is 3.92. The summed E-state index contributed by atoms with van der Waals surface area (Å²) in [6.07, 6.45) is -2.90. The molecule has 1 aliphatic heterocycles. The van der Waals surface area contributed by atoms with Crippen LogP contribution in [0.2, 0.25) is 0 Å². The molecule has 1 amide bonds. The fourth-order valence-electron chi connectivity index (χ4n) is 2.60. The summed E-state index contributed by atoms with van der Waals surface area (Å²) in [6.45, 7) is 0.547. The lowest BCUT2D eigenvalue weighted by atomic mass is 10.1. The molecule has 1 unspecified atom stereocenters. The minimum Gasteiger partial charge on any atom is -0.481 e. The number of carboxylic acid groups (broad SMARTS) is 1. The molecule has 1 saturated heterocycles. The number of rotatable bonds is 4. The summed E-state index contributed by atoms with van der Waals surface area (Å²) in [7, 11) is 0. The van der Waals surface area contributed by atoms with Gasteiger partial charge in [0.25, 0.3) is 5.91 Å². The largest absolute Gasteiger partial charge is 0.481 e. The lowest BCUT2D eigenvalue weighted by Gasteiger charge is -2.34. The van der Waals surface area contributed by atoms with E-state index in [2.05, 4.69) is 15.3 Å². The topological polar surface area (TPSA) is 110 Å². The Morgan fingerprint density at radius 3 is 2.74 bits per heavy atom. The standard InChI is InChI=1S/C15H14F3N5O4/c16-15(17,18)9-1-2-12(19-6-9)23-7-11(20-21-23)14(26)22-3-4-27-8-10(22)5-13(24)25/h1-2,6-7,10H,3-5,8H2,(H,24,25). The van der Waals surface area contributed by atoms with Gasteiger partial charge in [0.15, 0.2) is 11.5 Å². The number of amides is 1. The Morgan fingerprint density at radius 2 is 2.11 bits per heavy atom. The van der Waals surface area contributed by atoms with E-state index >= 15 is 0 Å². The van der Waals surface area contributed by atoms with Crippen LogP contribution in [0.5, 0.6) is 0 Å². The quantitative estimate of drug-likeness (QED) is 0.836. The van der Waals surface area contributed by atoms with Crippen molar-refractivity contribution in [3.8, 4) is 5.82 Å². The molecular formula is C15H14F3N5O4. The van der Waals surface area contributed by atoms with Gasteiger partial charge < -0.3 is 14.7 Å². The summed E-state index contributed by atoms with van der Waals surface area (Å²) < 4.78 is 44.0. The van der Waals surface area contributed by atoms with Crippen molar-refractivity contribution in [1.29, 1.82) is 0 Å². The molecule has 1 N–H and O–H groups in total. The van der Waals surface area contributed by atoms with Crippen LogP contribution in [-0.4, -0.2) is 67.7 Å². The van der Waals surface area contributed by atoms with Crippen molar-refractivity contribution in [2.24, 2.45) is 0 Å². The number of carbonyl (C=O) groups is 2. The second-order valence-electron chi connectivity index (χ2n) is 5.78. The van der Waals surface area contributed by atoms with Gasteiger partial charge in [-0.15, -0.1) is 5.10 Å². The molecule has 0 spiro atoms. The molecule has 12 heteroatoms. The number of ether oxygens (including phenoxy) is 1. The molecule has 2 aromatic rings. The number of nitrogens with zero attached hydrogens (tertiary/aromatic N) is 5. The summed E-state index contributed by atoms with van der Waals surface area (Å²) in [6, 6.07) is 1.31. The highest BCUT2D eigenvalue weighted by Gasteiger charge is 2.32. The fraction of sp³-hybridized carbons (Fsp3) is 0.400. The molecule has 0 aliphatic carbocycles. The van der Waals surface area contributed by atoms with E-state index in [4.69, 9.17) is 9.84 Å². The van der Waals surface area contributed by atoms with Gasteiger partial charge in [0.2, 0.25) is 0 Å². The van der Waals surface area contributed by atoms with Gasteiger partial charge in [-0.3, -0.25) is 9.59 Å². The minimum absolute atomic E-state index is 0.0543. The summed E-state index contributed by atoms with van der Waals surface area (Å²) in [4.78, 5) is 28.6. The summed E-state index contributed by atoms with van der Waals surface area (Å²) in [5.41, 5.74) is -0.985. The number of morpholine rings is 1. The predicted molar refractivity (Wildman–Crippen MR) is 82.1 cm³/mol. The Morgan fingerprint density at radius 1 is 1.33 bits per heavy atom. The predicted octanol–water partition coefficient (Wildman–Crippen LogP) is 0.997. The van der Waals surface area contributed by atoms with Crippen LogP contribution in [0, 0.1) is 0 Å². The number of halogens is 3. The lowest BCUT2D eigenvalue weighted by molar-refractivity contribution is -0.140. The molecule has 1 atom stereocenters. The van der Waals surface area contributed by atoms with Crippen LogP contribution < -0.4 is 0 Å². The van der Waals surface area contributed by atoms with Crippen molar-refractivity contribution in [3.05, 3.63) is 35.8 Å². The van der Waals surface area contributed by atoms with Crippen molar-refractivity contribution in [1.82, 2.24) is 24.9 Å². The SMILES string of the molecule is O=C(O)CC1COCCN1C(=O)c1cn(-c2ccc(C(F)(F)F)cn2)nn1. The van der Waals surface area contributed by atoms with Gasteiger partial charge >= 0.3 is 12.1 Å². The van der Waals surface area contributed by atoms with Crippen LogP contribution >= 0.6 is 0 Å². The molecule has 27 heavy (non-hydrogen) atoms. The molecule has 3 heterocycles. The van der Waals surface area contributed by atoms with Gasteiger partial charge in [0.1, 0.15) is 0 Å². The second-order valence-corrected chi connectivity index (χ2v) is 5.78. The van der Waals surface area contributed by atoms with Crippen LogP contribution in [0.25, 0.3) is 5.82 Å². The lowest BCUT2D eigenvalue weighted by Crippen LogP contribution is -2.49. The first-order valence-electron chi connectivity index (χ1n) is 7.82. The van der Waals surface area contributed by atoms with E-state index in [1.165, 1.54) is 11.1 Å². The van der Waals surface area contributed by atoms with E-state index in [0.29, 0.717) is 6.20 Å². The average Bonchev–Trinajstić information content (AvgIpc) is 3.10. The van der Waals surface area contributed by atoms with Gasteiger partial charge in [-0.25, -0.2) is 9.67 Å². The zero-order chi connectivity index (χ0) is 19.6. The third kappa shape index (κ3) is 4.22. The first-order chi connectivity index (χ1) is 12.8. The van der Waals surface area contributed by atoms with E-state index in [9.17, 15) is 22.8 Å². The van der Waals surface area contributed by atoms with E-state index in [1.54, 1.807) is 0 Å². The maximum atomic E-state index is 12.6. The zero-order valence-corrected chi connectivity index (χ0v) is 13.8. The molecule has 2 aromatic heterocycles. The molecule has 3 rings (SSSR count). The van der Waals surface area contributed by atoms with Gasteiger partial charge in [0.05, 0.1) is 37.4 Å². The van der Waals surface area contributed by atoms with Crippen molar-refractivity contribution >= 4 is 11.9 Å². The first kappa shape index (κ1) is 18.8. The van der Waals surface area contributed by atoms with E-state index < -0.39 is 29.7 Å². The summed E-state index contributed by atoms with van der Waals surface area (Å²) in [5.74, 6) is -1.55. The summed E-state index contributed by atoms with van der Waals surface area (Å²) in [5, 5.41) is 16.4. The van der Waals surface area contributed by atoms with Crippen LogP contribution in [0.4, 0.5) is 13.2 Å². The molecular weight excluding hydrogens is 371 g/mol. The number of carbonyl (C=O) groups excluding carboxylic acids is 1. The molecule has 144 valence electrons. The smallest absolute Gasteiger partial charge is 0.417 e. The third-order valence-electron chi connectivity index (χ3n) is 3.92. The molecule has 0 radical (unpaired) electrons. The average molecular weight is 385 g/mol. The van der Waals surface area contributed by atoms with Crippen LogP contribution in [-0.2, 0) is 15.7 Å². The Bertz CT molecular complexity index is 837. The Kier molecular flexibility index (Phi) is 5.08. The summed E-state index contributed by atoms with van der Waals surface area (Å²) >= 11 is 0. The molecule has 1 aliphatic rings. The Labute approximate surface area is 150 Å². The van der Waals surface area contributed by atoms with Gasteiger partial charge in [-0.2, -0.15) is 13.2 Å². The van der Waals surface area contributed by atoms with E-state index in [-0.39, 0.29) is 37.7 Å². The second kappa shape index (κ2) is 7.31. The molecule has 0 saturated carbocycles. The number of aromatic nitrogens is 4. The highest BCUT2D eigenvalue weighted by Crippen LogP contribution is 2.28. The Hall–Kier alpha value is -3.02. The number of hydrogen-bond donors (Lipinski definition) is 1. The van der Waals surface area contributed by atoms with Crippen molar-refractivity contribution in [2.45, 2.75) is 18.6 Å². The van der Waals surface area contributed by atoms with Gasteiger partial charge in [-0.1, -0.05) is 5.21 Å². The van der Waals surface area contributed by atoms with Crippen LogP contribution in [0.1, 0.15) is 22.5 Å². The fourth-order valence-corrected chi connectivity index (χ4v) is 2.60. The zero-order valence-electron chi connectivity index (χ0n) is 13.8. The van der Waals surface area contributed by atoms with Gasteiger partial charge in [-0.05, 0) is 12.1 Å². The monoisotopic (exact) mass is 385 g/mol. The first-order valence-corrected chi connectivity index (χ1v) is 7.82. The maximum absolute atomic E-state index is 12.6. The Balaban J connectivity index is 1.78. The number of aliphatic carboxylic acids is 1.